The number of nitrogens with one attached hydrogen (secondary N) is 5. The molecule has 0 spiro atoms. The Morgan fingerprint density at radius 2 is 1.44 bits per heavy atom. The summed E-state index contributed by atoms with van der Waals surface area (Å²) < 4.78 is 0. The fraction of sp³-hybridized carbons (Fsp3) is 0.611. The molecule has 0 aromatic carbocycles. The largest absolute Gasteiger partial charge is 0.368 e. The van der Waals surface area contributed by atoms with E-state index in [0.717, 1.165) is 0 Å². The number of carbonyl (C=O) groups excluding carboxylic acids is 7. The maximum atomic E-state index is 12.7. The Morgan fingerprint density at radius 1 is 0.875 bits per heavy atom. The van der Waals surface area contributed by atoms with Crippen LogP contribution in [-0.2, 0) is 33.6 Å². The molecular weight excluding hydrogens is 426 g/mol. The average Bonchev–Trinajstić information content (AvgIpc) is 3.22. The van der Waals surface area contributed by atoms with E-state index in [-0.39, 0.29) is 32.1 Å². The molecule has 1 saturated heterocycles. The van der Waals surface area contributed by atoms with Crippen LogP contribution in [0.4, 0.5) is 0 Å². The number of nitrogens with zero attached hydrogens (tertiary/aromatic N) is 1. The topological polar surface area (TPSA) is 209 Å². The van der Waals surface area contributed by atoms with Gasteiger partial charge in [-0.3, -0.25) is 33.6 Å². The summed E-state index contributed by atoms with van der Waals surface area (Å²) in [5.41, 5.74) is 4.92. The number of hydrogen-bond donors (Lipinski definition) is 6. The Hall–Kier alpha value is -3.71. The third kappa shape index (κ3) is 9.40. The molecule has 0 aromatic heterocycles. The number of amides is 7. The van der Waals surface area contributed by atoms with E-state index >= 15 is 0 Å². The lowest BCUT2D eigenvalue weighted by atomic mass is 10.2. The molecule has 1 aliphatic rings. The van der Waals surface area contributed by atoms with E-state index in [2.05, 4.69) is 26.6 Å². The molecule has 1 fully saturated rings. The standard InChI is InChI=1S/C18H29N7O7/c1-10(24-16(30)9-22-14(28)7-20-11(2)26)18(32)25-5-3-4-12(25)17(31)23-8-15(29)21-6-13(19)27/h10,12H,3-9H2,1-2H3,(H2,19,27)(H,20,26)(H,21,29)(H,22,28)(H,23,31)(H,24,30)/t10-,12-/m0/s1. The molecule has 0 saturated carbocycles. The SMILES string of the molecule is CC(=O)NCC(=O)NCC(=O)N[C@@H](C)C(=O)N1CCC[C@H]1C(=O)NCC(=O)NCC(N)=O. The highest BCUT2D eigenvalue weighted by atomic mass is 16.2. The smallest absolute Gasteiger partial charge is 0.245 e. The zero-order chi connectivity index (χ0) is 24.3. The molecule has 1 heterocycles. The fourth-order valence-corrected chi connectivity index (χ4v) is 2.89. The lowest BCUT2D eigenvalue weighted by Crippen LogP contribution is -2.54. The first-order valence-electron chi connectivity index (χ1n) is 9.95. The molecule has 1 rings (SSSR count). The van der Waals surface area contributed by atoms with Gasteiger partial charge in [-0.15, -0.1) is 0 Å². The lowest BCUT2D eigenvalue weighted by Gasteiger charge is -2.27. The number of rotatable bonds is 11. The summed E-state index contributed by atoms with van der Waals surface area (Å²) in [7, 11) is 0. The Labute approximate surface area is 184 Å². The van der Waals surface area contributed by atoms with Gasteiger partial charge in [-0.25, -0.2) is 0 Å². The van der Waals surface area contributed by atoms with Crippen LogP contribution in [0.25, 0.3) is 0 Å². The van der Waals surface area contributed by atoms with Gasteiger partial charge < -0.3 is 37.2 Å². The third-order valence-electron chi connectivity index (χ3n) is 4.41. The van der Waals surface area contributed by atoms with Crippen molar-refractivity contribution < 1.29 is 33.6 Å². The van der Waals surface area contributed by atoms with Crippen LogP contribution >= 0.6 is 0 Å². The van der Waals surface area contributed by atoms with Crippen molar-refractivity contribution in [3.05, 3.63) is 0 Å². The first-order chi connectivity index (χ1) is 15.0. The van der Waals surface area contributed by atoms with Gasteiger partial charge >= 0.3 is 0 Å². The number of nitrogens with two attached hydrogens (primary N) is 1. The summed E-state index contributed by atoms with van der Waals surface area (Å²) in [6, 6.07) is -1.76. The van der Waals surface area contributed by atoms with E-state index < -0.39 is 47.5 Å². The van der Waals surface area contributed by atoms with Crippen LogP contribution in [0.5, 0.6) is 0 Å². The van der Waals surface area contributed by atoms with Crippen LogP contribution < -0.4 is 32.3 Å². The van der Waals surface area contributed by atoms with Gasteiger partial charge in [0.2, 0.25) is 41.4 Å². The maximum Gasteiger partial charge on any atom is 0.245 e. The minimum Gasteiger partial charge on any atom is -0.368 e. The number of hydrogen-bond acceptors (Lipinski definition) is 7. The van der Waals surface area contributed by atoms with Gasteiger partial charge in [0.1, 0.15) is 12.1 Å². The zero-order valence-corrected chi connectivity index (χ0v) is 18.0. The molecule has 32 heavy (non-hydrogen) atoms. The second-order valence-corrected chi connectivity index (χ2v) is 7.13. The van der Waals surface area contributed by atoms with Gasteiger partial charge in [-0.2, -0.15) is 0 Å². The third-order valence-corrected chi connectivity index (χ3v) is 4.41. The van der Waals surface area contributed by atoms with Crippen molar-refractivity contribution >= 4 is 41.4 Å². The van der Waals surface area contributed by atoms with E-state index in [9.17, 15) is 33.6 Å². The monoisotopic (exact) mass is 455 g/mol. The molecule has 0 unspecified atom stereocenters. The molecule has 0 bridgehead atoms. The van der Waals surface area contributed by atoms with Gasteiger partial charge in [0.15, 0.2) is 0 Å². The molecular formula is C18H29N7O7. The van der Waals surface area contributed by atoms with Crippen molar-refractivity contribution in [2.75, 3.05) is 32.7 Å². The molecule has 1 aliphatic heterocycles. The predicted octanol–water partition coefficient (Wildman–Crippen LogP) is -4.55. The van der Waals surface area contributed by atoms with Crippen molar-refractivity contribution in [2.45, 2.75) is 38.8 Å². The number of likely N-dealkylation sites (tertiary alicyclic amines) is 1. The van der Waals surface area contributed by atoms with Crippen molar-refractivity contribution in [1.82, 2.24) is 31.5 Å². The average molecular weight is 455 g/mol. The second-order valence-electron chi connectivity index (χ2n) is 7.13. The van der Waals surface area contributed by atoms with Crippen molar-refractivity contribution in [3.8, 4) is 0 Å². The lowest BCUT2D eigenvalue weighted by molar-refractivity contribution is -0.141. The van der Waals surface area contributed by atoms with Crippen LogP contribution in [0, 0.1) is 0 Å². The van der Waals surface area contributed by atoms with Gasteiger partial charge in [0.25, 0.3) is 0 Å². The Kier molecular flexibility index (Phi) is 10.6. The summed E-state index contributed by atoms with van der Waals surface area (Å²) in [4.78, 5) is 82.9. The summed E-state index contributed by atoms with van der Waals surface area (Å²) in [5.74, 6) is -3.92. The minimum atomic E-state index is -0.956. The summed E-state index contributed by atoms with van der Waals surface area (Å²) >= 11 is 0. The summed E-state index contributed by atoms with van der Waals surface area (Å²) in [6.45, 7) is 1.60. The summed E-state index contributed by atoms with van der Waals surface area (Å²) in [6.07, 6.45) is 0.956. The predicted molar refractivity (Wildman–Crippen MR) is 109 cm³/mol. The molecule has 14 nitrogen and oxygen atoms in total. The minimum absolute atomic E-state index is 0.276. The number of primary amides is 1. The highest BCUT2D eigenvalue weighted by Crippen LogP contribution is 2.18. The number of carbonyl (C=O) groups is 7. The van der Waals surface area contributed by atoms with Gasteiger partial charge in [0, 0.05) is 13.5 Å². The van der Waals surface area contributed by atoms with Crippen molar-refractivity contribution in [3.63, 3.8) is 0 Å². The van der Waals surface area contributed by atoms with Crippen LogP contribution in [0.3, 0.4) is 0 Å². The molecule has 2 atom stereocenters. The Morgan fingerprint density at radius 3 is 2.03 bits per heavy atom. The highest BCUT2D eigenvalue weighted by molar-refractivity contribution is 5.95. The van der Waals surface area contributed by atoms with Crippen LogP contribution in [0.15, 0.2) is 0 Å². The van der Waals surface area contributed by atoms with Crippen LogP contribution in [0.2, 0.25) is 0 Å². The Bertz CT molecular complexity index is 771. The quantitative estimate of drug-likeness (QED) is 0.179. The second kappa shape index (κ2) is 12.9. The molecule has 0 aliphatic carbocycles. The van der Waals surface area contributed by atoms with E-state index in [4.69, 9.17) is 5.73 Å². The van der Waals surface area contributed by atoms with Crippen molar-refractivity contribution in [1.29, 1.82) is 0 Å². The zero-order valence-electron chi connectivity index (χ0n) is 18.0. The van der Waals surface area contributed by atoms with Gasteiger partial charge in [-0.1, -0.05) is 0 Å². The Balaban J connectivity index is 2.48. The molecule has 7 amide bonds. The normalized spacial score (nSPS) is 15.8. The van der Waals surface area contributed by atoms with E-state index in [0.29, 0.717) is 19.4 Å². The molecule has 178 valence electrons. The van der Waals surface area contributed by atoms with E-state index in [1.807, 2.05) is 0 Å². The summed E-state index contributed by atoms with van der Waals surface area (Å²) in [5, 5.41) is 11.7. The molecule has 0 aromatic rings. The first-order valence-corrected chi connectivity index (χ1v) is 9.95. The van der Waals surface area contributed by atoms with Gasteiger partial charge in [0.05, 0.1) is 26.2 Å². The van der Waals surface area contributed by atoms with Gasteiger partial charge in [-0.05, 0) is 19.8 Å². The van der Waals surface area contributed by atoms with Crippen LogP contribution in [-0.4, -0.2) is 91.1 Å². The molecule has 14 heteroatoms. The molecule has 7 N–H and O–H groups in total. The van der Waals surface area contributed by atoms with Crippen molar-refractivity contribution in [2.24, 2.45) is 5.73 Å². The maximum absolute atomic E-state index is 12.7. The van der Waals surface area contributed by atoms with E-state index in [1.54, 1.807) is 0 Å². The highest BCUT2D eigenvalue weighted by Gasteiger charge is 2.36. The fourth-order valence-electron chi connectivity index (χ4n) is 2.89. The van der Waals surface area contributed by atoms with E-state index in [1.165, 1.54) is 18.7 Å². The first kappa shape index (κ1) is 26.3. The van der Waals surface area contributed by atoms with Crippen LogP contribution in [0.1, 0.15) is 26.7 Å². The molecule has 0 radical (unpaired) electrons.